The van der Waals surface area contributed by atoms with Crippen LogP contribution in [0.4, 0.5) is 0 Å². The van der Waals surface area contributed by atoms with Gasteiger partial charge in [-0.1, -0.05) is 36.3 Å². The van der Waals surface area contributed by atoms with Crippen molar-refractivity contribution in [2.45, 2.75) is 52.1 Å². The van der Waals surface area contributed by atoms with Gasteiger partial charge in [-0.05, 0) is 48.9 Å². The summed E-state index contributed by atoms with van der Waals surface area (Å²) >= 11 is 1.51. The maximum atomic E-state index is 5.81. The number of nitrogens with zero attached hydrogens (tertiary/aromatic N) is 2. The number of nitrogens with one attached hydrogen (secondary N) is 1. The van der Waals surface area contributed by atoms with Crippen LogP contribution in [0.2, 0.25) is 0 Å². The van der Waals surface area contributed by atoms with Gasteiger partial charge in [-0.15, -0.1) is 5.10 Å². The predicted octanol–water partition coefficient (Wildman–Crippen LogP) is 4.01. The molecule has 1 saturated carbocycles. The van der Waals surface area contributed by atoms with Crippen LogP contribution in [0.1, 0.15) is 48.7 Å². The summed E-state index contributed by atoms with van der Waals surface area (Å²) in [6, 6.07) is 6.89. The highest BCUT2D eigenvalue weighted by Crippen LogP contribution is 2.29. The van der Waals surface area contributed by atoms with Crippen molar-refractivity contribution >= 4 is 11.3 Å². The summed E-state index contributed by atoms with van der Waals surface area (Å²) in [4.78, 5) is 0. The predicted molar refractivity (Wildman–Crippen MR) is 85.1 cm³/mol. The fraction of sp³-hybridized carbons (Fsp3) is 0.500. The van der Waals surface area contributed by atoms with Crippen LogP contribution >= 0.6 is 11.3 Å². The lowest BCUT2D eigenvalue weighted by Crippen LogP contribution is -2.14. The van der Waals surface area contributed by atoms with E-state index < -0.39 is 0 Å². The van der Waals surface area contributed by atoms with E-state index >= 15 is 0 Å². The van der Waals surface area contributed by atoms with Gasteiger partial charge in [0.05, 0.1) is 6.54 Å². The van der Waals surface area contributed by atoms with E-state index in [1.165, 1.54) is 35.3 Å². The molecule has 1 N–H and O–H groups in total. The second-order valence-corrected chi connectivity index (χ2v) is 6.92. The molecule has 1 aromatic carbocycles. The summed E-state index contributed by atoms with van der Waals surface area (Å²) in [5.41, 5.74) is 2.61. The Hall–Kier alpha value is -1.46. The molecule has 0 radical (unpaired) electrons. The van der Waals surface area contributed by atoms with Crippen LogP contribution in [0.25, 0.3) is 0 Å². The van der Waals surface area contributed by atoms with E-state index in [9.17, 15) is 0 Å². The first-order chi connectivity index (χ1) is 10.1. The van der Waals surface area contributed by atoms with E-state index in [1.807, 2.05) is 6.07 Å². The number of rotatable bonds is 6. The van der Waals surface area contributed by atoms with Gasteiger partial charge in [-0.2, -0.15) is 0 Å². The second-order valence-electron chi connectivity index (χ2n) is 5.89. The smallest absolute Gasteiger partial charge is 0.299 e. The highest BCUT2D eigenvalue weighted by Gasteiger charge is 2.20. The first kappa shape index (κ1) is 14.5. The molecular weight excluding hydrogens is 282 g/mol. The van der Waals surface area contributed by atoms with Crippen LogP contribution in [0.15, 0.2) is 18.2 Å². The third-order valence-corrected chi connectivity index (χ3v) is 4.44. The Bertz CT molecular complexity index is 620. The Labute approximate surface area is 129 Å². The van der Waals surface area contributed by atoms with Crippen molar-refractivity contribution in [2.75, 3.05) is 0 Å². The maximum absolute atomic E-state index is 5.81. The molecule has 0 saturated heterocycles. The van der Waals surface area contributed by atoms with Crippen molar-refractivity contribution in [1.29, 1.82) is 0 Å². The van der Waals surface area contributed by atoms with Crippen molar-refractivity contribution in [1.82, 2.24) is 15.5 Å². The third kappa shape index (κ3) is 3.80. The van der Waals surface area contributed by atoms with Gasteiger partial charge in [0.25, 0.3) is 5.19 Å². The number of aromatic nitrogens is 2. The zero-order chi connectivity index (χ0) is 14.8. The largest absolute Gasteiger partial charge is 0.430 e. The van der Waals surface area contributed by atoms with Gasteiger partial charge in [0.15, 0.2) is 0 Å². The topological polar surface area (TPSA) is 47.0 Å². The zero-order valence-corrected chi connectivity index (χ0v) is 13.5. The molecule has 1 heterocycles. The van der Waals surface area contributed by atoms with Crippen LogP contribution < -0.4 is 10.1 Å². The summed E-state index contributed by atoms with van der Waals surface area (Å²) in [7, 11) is 0. The third-order valence-electron chi connectivity index (χ3n) is 3.64. The molecule has 4 nitrogen and oxygen atoms in total. The van der Waals surface area contributed by atoms with E-state index in [4.69, 9.17) is 4.74 Å². The van der Waals surface area contributed by atoms with E-state index in [0.717, 1.165) is 17.3 Å². The monoisotopic (exact) mass is 303 g/mol. The molecule has 1 aliphatic rings. The molecule has 1 aromatic heterocycles. The molecule has 21 heavy (non-hydrogen) atoms. The standard InChI is InChI=1S/C16H21N3OS/c1-10(2)14-7-6-13(8-11(14)3)20-16-19-18-15(21-16)9-17-12-4-5-12/h6-8,10,12,17H,4-5,9H2,1-3H3. The molecule has 1 aliphatic carbocycles. The van der Waals surface area contributed by atoms with Gasteiger partial charge in [0.1, 0.15) is 10.8 Å². The van der Waals surface area contributed by atoms with Crippen LogP contribution in [0.3, 0.4) is 0 Å². The van der Waals surface area contributed by atoms with Crippen molar-refractivity contribution in [3.8, 4) is 10.9 Å². The summed E-state index contributed by atoms with van der Waals surface area (Å²) in [5.74, 6) is 1.36. The molecule has 0 aliphatic heterocycles. The molecule has 1 fully saturated rings. The Kier molecular flexibility index (Phi) is 4.22. The first-order valence-corrected chi connectivity index (χ1v) is 8.27. The quantitative estimate of drug-likeness (QED) is 0.875. The molecule has 2 aromatic rings. The Balaban J connectivity index is 1.64. The SMILES string of the molecule is Cc1cc(Oc2nnc(CNC3CC3)s2)ccc1C(C)C. The molecule has 0 atom stereocenters. The van der Waals surface area contributed by atoms with Crippen molar-refractivity contribution in [3.05, 3.63) is 34.3 Å². The van der Waals surface area contributed by atoms with Crippen molar-refractivity contribution in [2.24, 2.45) is 0 Å². The minimum Gasteiger partial charge on any atom is -0.430 e. The average molecular weight is 303 g/mol. The molecule has 0 amide bonds. The number of benzene rings is 1. The molecule has 3 rings (SSSR count). The minimum atomic E-state index is 0.528. The van der Waals surface area contributed by atoms with Gasteiger partial charge in [-0.3, -0.25) is 0 Å². The zero-order valence-electron chi connectivity index (χ0n) is 12.7. The molecule has 0 unspecified atom stereocenters. The summed E-state index contributed by atoms with van der Waals surface area (Å²) in [6.07, 6.45) is 2.56. The fourth-order valence-electron chi connectivity index (χ4n) is 2.33. The second kappa shape index (κ2) is 6.12. The van der Waals surface area contributed by atoms with Gasteiger partial charge < -0.3 is 10.1 Å². The lowest BCUT2D eigenvalue weighted by atomic mass is 9.98. The van der Waals surface area contributed by atoms with E-state index in [1.54, 1.807) is 0 Å². The van der Waals surface area contributed by atoms with E-state index in [0.29, 0.717) is 17.2 Å². The van der Waals surface area contributed by atoms with Crippen LogP contribution in [-0.4, -0.2) is 16.2 Å². The van der Waals surface area contributed by atoms with Crippen molar-refractivity contribution < 1.29 is 4.74 Å². The fourth-order valence-corrected chi connectivity index (χ4v) is 2.99. The Morgan fingerprint density at radius 2 is 2.14 bits per heavy atom. The number of aryl methyl sites for hydroxylation is 1. The average Bonchev–Trinajstić information content (AvgIpc) is 3.16. The normalized spacial score (nSPS) is 14.7. The molecular formula is C16H21N3OS. The van der Waals surface area contributed by atoms with Crippen LogP contribution in [0.5, 0.6) is 10.9 Å². The lowest BCUT2D eigenvalue weighted by Gasteiger charge is -2.10. The molecule has 112 valence electrons. The first-order valence-electron chi connectivity index (χ1n) is 7.46. The van der Waals surface area contributed by atoms with Crippen LogP contribution in [0, 0.1) is 6.92 Å². The molecule has 5 heteroatoms. The summed E-state index contributed by atoms with van der Waals surface area (Å²) in [5, 5.41) is 13.3. The molecule has 0 spiro atoms. The highest BCUT2D eigenvalue weighted by molar-refractivity contribution is 7.13. The Morgan fingerprint density at radius 3 is 2.81 bits per heavy atom. The van der Waals surface area contributed by atoms with E-state index in [-0.39, 0.29) is 0 Å². The number of hydrogen-bond acceptors (Lipinski definition) is 5. The maximum Gasteiger partial charge on any atom is 0.299 e. The summed E-state index contributed by atoms with van der Waals surface area (Å²) < 4.78 is 5.81. The number of hydrogen-bond donors (Lipinski definition) is 1. The highest BCUT2D eigenvalue weighted by atomic mass is 32.1. The molecule has 0 bridgehead atoms. The van der Waals surface area contributed by atoms with Crippen LogP contribution in [-0.2, 0) is 6.54 Å². The minimum absolute atomic E-state index is 0.528. The lowest BCUT2D eigenvalue weighted by molar-refractivity contribution is 0.472. The van der Waals surface area contributed by atoms with E-state index in [2.05, 4.69) is 48.4 Å². The Morgan fingerprint density at radius 1 is 1.33 bits per heavy atom. The van der Waals surface area contributed by atoms with Gasteiger partial charge in [0, 0.05) is 6.04 Å². The number of ether oxygens (including phenoxy) is 1. The summed E-state index contributed by atoms with van der Waals surface area (Å²) in [6.45, 7) is 7.31. The van der Waals surface area contributed by atoms with Gasteiger partial charge in [-0.25, -0.2) is 0 Å². The van der Waals surface area contributed by atoms with Gasteiger partial charge >= 0.3 is 0 Å². The van der Waals surface area contributed by atoms with Crippen molar-refractivity contribution in [3.63, 3.8) is 0 Å². The van der Waals surface area contributed by atoms with Gasteiger partial charge in [0.2, 0.25) is 0 Å².